The lowest BCUT2D eigenvalue weighted by atomic mass is 10.0. The average molecular weight is 249 g/mol. The molecule has 0 saturated carbocycles. The van der Waals surface area contributed by atoms with Gasteiger partial charge in [0.15, 0.2) is 0 Å². The van der Waals surface area contributed by atoms with Crippen molar-refractivity contribution in [2.45, 2.75) is 38.9 Å². The van der Waals surface area contributed by atoms with Crippen molar-refractivity contribution >= 4 is 11.8 Å². The van der Waals surface area contributed by atoms with Gasteiger partial charge in [-0.2, -0.15) is 0 Å². The predicted octanol–water partition coefficient (Wildman–Crippen LogP) is 3.28. The molecule has 0 aliphatic carbocycles. The van der Waals surface area contributed by atoms with Crippen LogP contribution in [0.5, 0.6) is 0 Å². The van der Waals surface area contributed by atoms with Gasteiger partial charge in [0.25, 0.3) is 0 Å². The van der Waals surface area contributed by atoms with E-state index in [1.165, 1.54) is 0 Å². The minimum absolute atomic E-state index is 0.134. The fraction of sp³-hybridized carbons (Fsp3) is 0.500. The fourth-order valence-electron chi connectivity index (χ4n) is 1.60. The largest absolute Gasteiger partial charge is 0.444 e. The Morgan fingerprint density at radius 1 is 1.33 bits per heavy atom. The number of epoxide rings is 1. The number of nitrogens with one attached hydrogen (secondary N) is 1. The van der Waals surface area contributed by atoms with Crippen LogP contribution in [-0.2, 0) is 15.1 Å². The summed E-state index contributed by atoms with van der Waals surface area (Å²) in [6.45, 7) is 8.30. The number of carbonyl (C=O) groups is 1. The maximum atomic E-state index is 11.6. The lowest BCUT2D eigenvalue weighted by Crippen LogP contribution is -2.27. The third kappa shape index (κ3) is 3.23. The van der Waals surface area contributed by atoms with E-state index in [1.807, 2.05) is 52.0 Å². The SMILES string of the molecule is CC(C)(C)OC(=O)Nc1ccc(C2(C)CO2)cc1. The lowest BCUT2D eigenvalue weighted by Gasteiger charge is -2.19. The third-order valence-corrected chi connectivity index (χ3v) is 2.72. The van der Waals surface area contributed by atoms with Gasteiger partial charge >= 0.3 is 6.09 Å². The molecular weight excluding hydrogens is 230 g/mol. The van der Waals surface area contributed by atoms with Crippen molar-refractivity contribution in [3.63, 3.8) is 0 Å². The standard InChI is InChI=1S/C14H19NO3/c1-13(2,3)18-12(16)15-11-7-5-10(6-8-11)14(4)9-17-14/h5-8H,9H2,1-4H3,(H,15,16). The quantitative estimate of drug-likeness (QED) is 0.818. The number of hydrogen-bond acceptors (Lipinski definition) is 3. The van der Waals surface area contributed by atoms with Crippen molar-refractivity contribution in [1.29, 1.82) is 0 Å². The number of ether oxygens (including phenoxy) is 2. The summed E-state index contributed by atoms with van der Waals surface area (Å²) in [5.41, 5.74) is 1.22. The van der Waals surface area contributed by atoms with E-state index in [0.717, 1.165) is 17.9 Å². The van der Waals surface area contributed by atoms with Crippen LogP contribution in [0.15, 0.2) is 24.3 Å². The molecule has 1 aromatic carbocycles. The minimum atomic E-state index is -0.487. The second-order valence-electron chi connectivity index (χ2n) is 5.72. The fourth-order valence-corrected chi connectivity index (χ4v) is 1.60. The summed E-state index contributed by atoms with van der Waals surface area (Å²) in [6, 6.07) is 7.62. The van der Waals surface area contributed by atoms with E-state index in [1.54, 1.807) is 0 Å². The highest BCUT2D eigenvalue weighted by Crippen LogP contribution is 2.38. The Bertz CT molecular complexity index is 441. The number of benzene rings is 1. The second-order valence-corrected chi connectivity index (χ2v) is 5.72. The summed E-state index contributed by atoms with van der Waals surface area (Å²) < 4.78 is 10.5. The van der Waals surface area contributed by atoms with Crippen molar-refractivity contribution in [3.05, 3.63) is 29.8 Å². The molecule has 0 radical (unpaired) electrons. The van der Waals surface area contributed by atoms with Crippen LogP contribution in [0.2, 0.25) is 0 Å². The Hall–Kier alpha value is -1.55. The molecule has 1 fully saturated rings. The summed E-state index contributed by atoms with van der Waals surface area (Å²) in [5.74, 6) is 0. The Labute approximate surface area is 107 Å². The van der Waals surface area contributed by atoms with Crippen LogP contribution >= 0.6 is 0 Å². The molecule has 4 nitrogen and oxygen atoms in total. The molecule has 0 spiro atoms. The number of amides is 1. The molecule has 1 atom stereocenters. The molecule has 18 heavy (non-hydrogen) atoms. The molecule has 1 unspecified atom stereocenters. The van der Waals surface area contributed by atoms with Crippen molar-refractivity contribution < 1.29 is 14.3 Å². The van der Waals surface area contributed by atoms with E-state index in [2.05, 4.69) is 5.32 Å². The van der Waals surface area contributed by atoms with Gasteiger partial charge in [0, 0.05) is 5.69 Å². The number of rotatable bonds is 2. The summed E-state index contributed by atoms with van der Waals surface area (Å²) in [5, 5.41) is 2.70. The molecule has 2 rings (SSSR count). The average Bonchev–Trinajstić information content (AvgIpc) is 2.95. The van der Waals surface area contributed by atoms with Gasteiger partial charge in [-0.3, -0.25) is 5.32 Å². The highest BCUT2D eigenvalue weighted by atomic mass is 16.6. The topological polar surface area (TPSA) is 50.9 Å². The van der Waals surface area contributed by atoms with Crippen LogP contribution in [0.25, 0.3) is 0 Å². The van der Waals surface area contributed by atoms with E-state index < -0.39 is 11.7 Å². The van der Waals surface area contributed by atoms with Gasteiger partial charge in [-0.15, -0.1) is 0 Å². The van der Waals surface area contributed by atoms with Gasteiger partial charge in [0.05, 0.1) is 6.61 Å². The highest BCUT2D eigenvalue weighted by molar-refractivity contribution is 5.84. The molecule has 1 aliphatic heterocycles. The first-order valence-corrected chi connectivity index (χ1v) is 6.03. The molecule has 1 saturated heterocycles. The van der Waals surface area contributed by atoms with Crippen molar-refractivity contribution in [2.24, 2.45) is 0 Å². The maximum Gasteiger partial charge on any atom is 0.412 e. The molecule has 98 valence electrons. The van der Waals surface area contributed by atoms with Crippen molar-refractivity contribution in [3.8, 4) is 0 Å². The summed E-state index contributed by atoms with van der Waals surface area (Å²) in [6.07, 6.45) is -0.441. The molecule has 1 aliphatic rings. The molecule has 1 aromatic rings. The molecule has 1 heterocycles. The molecule has 0 bridgehead atoms. The predicted molar refractivity (Wildman–Crippen MR) is 69.6 cm³/mol. The zero-order valence-electron chi connectivity index (χ0n) is 11.2. The summed E-state index contributed by atoms with van der Waals surface area (Å²) in [4.78, 5) is 11.6. The zero-order valence-corrected chi connectivity index (χ0v) is 11.2. The smallest absolute Gasteiger partial charge is 0.412 e. The van der Waals surface area contributed by atoms with E-state index >= 15 is 0 Å². The first-order valence-electron chi connectivity index (χ1n) is 6.03. The number of carbonyl (C=O) groups excluding carboxylic acids is 1. The van der Waals surface area contributed by atoms with Gasteiger partial charge in [0.2, 0.25) is 0 Å². The minimum Gasteiger partial charge on any atom is -0.444 e. The van der Waals surface area contributed by atoms with Gasteiger partial charge in [-0.1, -0.05) is 12.1 Å². The maximum absolute atomic E-state index is 11.6. The third-order valence-electron chi connectivity index (χ3n) is 2.72. The number of hydrogen-bond donors (Lipinski definition) is 1. The highest BCUT2D eigenvalue weighted by Gasteiger charge is 2.40. The normalized spacial score (nSPS) is 22.4. The van der Waals surface area contributed by atoms with Crippen molar-refractivity contribution in [1.82, 2.24) is 0 Å². The Morgan fingerprint density at radius 2 is 1.89 bits per heavy atom. The molecule has 1 amide bonds. The van der Waals surface area contributed by atoms with Crippen LogP contribution in [0.3, 0.4) is 0 Å². The van der Waals surface area contributed by atoms with Crippen LogP contribution in [0.1, 0.15) is 33.3 Å². The molecule has 0 aromatic heterocycles. The van der Waals surface area contributed by atoms with Crippen LogP contribution < -0.4 is 5.32 Å². The Balaban J connectivity index is 1.96. The van der Waals surface area contributed by atoms with Crippen LogP contribution in [-0.4, -0.2) is 18.3 Å². The Kier molecular flexibility index (Phi) is 3.07. The summed E-state index contributed by atoms with van der Waals surface area (Å²) >= 11 is 0. The molecule has 1 N–H and O–H groups in total. The van der Waals surface area contributed by atoms with E-state index in [0.29, 0.717) is 0 Å². The van der Waals surface area contributed by atoms with Gasteiger partial charge in [-0.05, 0) is 45.4 Å². The second kappa shape index (κ2) is 4.28. The van der Waals surface area contributed by atoms with E-state index in [-0.39, 0.29) is 5.60 Å². The first-order chi connectivity index (χ1) is 8.28. The van der Waals surface area contributed by atoms with E-state index in [9.17, 15) is 4.79 Å². The monoisotopic (exact) mass is 249 g/mol. The van der Waals surface area contributed by atoms with Gasteiger partial charge in [-0.25, -0.2) is 4.79 Å². The zero-order chi connectivity index (χ0) is 13.4. The molecular formula is C14H19NO3. The van der Waals surface area contributed by atoms with Gasteiger partial charge < -0.3 is 9.47 Å². The lowest BCUT2D eigenvalue weighted by molar-refractivity contribution is 0.0636. The van der Waals surface area contributed by atoms with Gasteiger partial charge in [0.1, 0.15) is 11.2 Å². The van der Waals surface area contributed by atoms with Crippen LogP contribution in [0, 0.1) is 0 Å². The Morgan fingerprint density at radius 3 is 2.33 bits per heavy atom. The summed E-state index contributed by atoms with van der Waals surface area (Å²) in [7, 11) is 0. The van der Waals surface area contributed by atoms with E-state index in [4.69, 9.17) is 9.47 Å². The first kappa shape index (κ1) is 12.9. The van der Waals surface area contributed by atoms with Crippen LogP contribution in [0.4, 0.5) is 10.5 Å². The van der Waals surface area contributed by atoms with Crippen molar-refractivity contribution in [2.75, 3.05) is 11.9 Å². The number of anilines is 1. The molecule has 4 heteroatoms.